The summed E-state index contributed by atoms with van der Waals surface area (Å²) >= 11 is 0. The number of aliphatic hydroxyl groups is 1. The summed E-state index contributed by atoms with van der Waals surface area (Å²) in [5.41, 5.74) is 5.49. The van der Waals surface area contributed by atoms with Crippen molar-refractivity contribution in [1.29, 1.82) is 0 Å². The molecular formula is C16H31NO2. The van der Waals surface area contributed by atoms with Crippen LogP contribution in [0, 0.1) is 11.3 Å². The molecule has 0 aromatic heterocycles. The summed E-state index contributed by atoms with van der Waals surface area (Å²) < 4.78 is 5.53. The van der Waals surface area contributed by atoms with Crippen molar-refractivity contribution >= 4 is 0 Å². The summed E-state index contributed by atoms with van der Waals surface area (Å²) in [6, 6.07) is 0. The predicted octanol–water partition coefficient (Wildman–Crippen LogP) is 2.85. The molecule has 1 aliphatic heterocycles. The van der Waals surface area contributed by atoms with E-state index in [1.54, 1.807) is 0 Å². The zero-order chi connectivity index (χ0) is 13.8. The lowest BCUT2D eigenvalue weighted by atomic mass is 9.59. The van der Waals surface area contributed by atoms with Crippen molar-refractivity contribution in [2.45, 2.75) is 70.3 Å². The minimum atomic E-state index is -0.588. The first kappa shape index (κ1) is 15.3. The molecule has 0 amide bonds. The number of rotatable bonds is 4. The van der Waals surface area contributed by atoms with Crippen LogP contribution >= 0.6 is 0 Å². The fraction of sp³-hybridized carbons (Fsp3) is 1.00. The quantitative estimate of drug-likeness (QED) is 0.825. The van der Waals surface area contributed by atoms with E-state index in [4.69, 9.17) is 10.5 Å². The second kappa shape index (κ2) is 6.55. The van der Waals surface area contributed by atoms with E-state index in [9.17, 15) is 5.11 Å². The molecule has 3 heteroatoms. The third kappa shape index (κ3) is 3.14. The molecule has 0 radical (unpaired) electrons. The highest BCUT2D eigenvalue weighted by Crippen LogP contribution is 2.50. The largest absolute Gasteiger partial charge is 0.389 e. The maximum absolute atomic E-state index is 11.2. The third-order valence-electron chi connectivity index (χ3n) is 5.68. The van der Waals surface area contributed by atoms with Crippen LogP contribution < -0.4 is 5.73 Å². The van der Waals surface area contributed by atoms with Crippen LogP contribution in [0.1, 0.15) is 64.7 Å². The van der Waals surface area contributed by atoms with E-state index in [-0.39, 0.29) is 5.41 Å². The van der Waals surface area contributed by atoms with Gasteiger partial charge in [-0.25, -0.2) is 0 Å². The van der Waals surface area contributed by atoms with Gasteiger partial charge in [0.2, 0.25) is 0 Å². The zero-order valence-electron chi connectivity index (χ0n) is 12.5. The topological polar surface area (TPSA) is 55.5 Å². The molecule has 3 N–H and O–H groups in total. The van der Waals surface area contributed by atoms with Gasteiger partial charge in [0.15, 0.2) is 0 Å². The van der Waals surface area contributed by atoms with Crippen LogP contribution in [0.5, 0.6) is 0 Å². The van der Waals surface area contributed by atoms with Gasteiger partial charge >= 0.3 is 0 Å². The minimum Gasteiger partial charge on any atom is -0.389 e. The average molecular weight is 269 g/mol. The van der Waals surface area contributed by atoms with Crippen molar-refractivity contribution in [3.8, 4) is 0 Å². The number of hydrogen-bond donors (Lipinski definition) is 2. The first-order valence-corrected chi connectivity index (χ1v) is 8.16. The molecule has 0 aromatic carbocycles. The molecule has 0 spiro atoms. The summed E-state index contributed by atoms with van der Waals surface area (Å²) in [6.07, 6.45) is 9.90. The maximum atomic E-state index is 11.2. The van der Waals surface area contributed by atoms with Crippen LogP contribution in [0.15, 0.2) is 0 Å². The normalized spacial score (nSPS) is 40.9. The standard InChI is InChI=1S/C16H31NO2/c1-2-4-14-5-8-15(13-17,9-6-14)16(18)7-3-11-19-12-10-16/h14,18H,2-13,17H2,1H3. The lowest BCUT2D eigenvalue weighted by Gasteiger charge is -2.50. The molecule has 1 saturated heterocycles. The first-order valence-electron chi connectivity index (χ1n) is 8.16. The smallest absolute Gasteiger partial charge is 0.0738 e. The van der Waals surface area contributed by atoms with Gasteiger partial charge in [0.1, 0.15) is 0 Å². The van der Waals surface area contributed by atoms with E-state index in [0.29, 0.717) is 13.2 Å². The molecule has 0 bridgehead atoms. The Morgan fingerprint density at radius 1 is 1.16 bits per heavy atom. The molecule has 1 heterocycles. The number of hydrogen-bond acceptors (Lipinski definition) is 3. The van der Waals surface area contributed by atoms with E-state index >= 15 is 0 Å². The Kier molecular flexibility index (Phi) is 5.27. The van der Waals surface area contributed by atoms with Crippen LogP contribution in [0.3, 0.4) is 0 Å². The van der Waals surface area contributed by atoms with Crippen molar-refractivity contribution in [3.05, 3.63) is 0 Å². The fourth-order valence-electron chi connectivity index (χ4n) is 4.25. The van der Waals surface area contributed by atoms with E-state index in [1.165, 1.54) is 25.7 Å². The van der Waals surface area contributed by atoms with E-state index in [0.717, 1.165) is 44.6 Å². The minimum absolute atomic E-state index is 0.0507. The molecule has 1 atom stereocenters. The second-order valence-electron chi connectivity index (χ2n) is 6.71. The highest BCUT2D eigenvalue weighted by atomic mass is 16.5. The van der Waals surface area contributed by atoms with E-state index < -0.39 is 5.60 Å². The van der Waals surface area contributed by atoms with Crippen molar-refractivity contribution in [2.24, 2.45) is 17.1 Å². The van der Waals surface area contributed by atoms with Crippen LogP contribution in [0.4, 0.5) is 0 Å². The second-order valence-corrected chi connectivity index (χ2v) is 6.71. The highest BCUT2D eigenvalue weighted by molar-refractivity contribution is 5.02. The molecule has 112 valence electrons. The van der Waals surface area contributed by atoms with Crippen molar-refractivity contribution in [2.75, 3.05) is 19.8 Å². The summed E-state index contributed by atoms with van der Waals surface area (Å²) in [6.45, 7) is 4.38. The van der Waals surface area contributed by atoms with E-state index in [2.05, 4.69) is 6.92 Å². The lowest BCUT2D eigenvalue weighted by Crippen LogP contribution is -2.54. The molecule has 0 aromatic rings. The summed E-state index contributed by atoms with van der Waals surface area (Å²) in [4.78, 5) is 0. The Bertz CT molecular complexity index is 264. The predicted molar refractivity (Wildman–Crippen MR) is 78.0 cm³/mol. The molecule has 1 aliphatic carbocycles. The average Bonchev–Trinajstić information content (AvgIpc) is 2.66. The van der Waals surface area contributed by atoms with Gasteiger partial charge in [-0.05, 0) is 44.4 Å². The molecule has 1 saturated carbocycles. The Labute approximate surface area is 117 Å². The lowest BCUT2D eigenvalue weighted by molar-refractivity contribution is -0.116. The molecule has 2 aliphatic rings. The van der Waals surface area contributed by atoms with Crippen LogP contribution in [-0.4, -0.2) is 30.5 Å². The summed E-state index contributed by atoms with van der Waals surface area (Å²) in [5.74, 6) is 0.857. The van der Waals surface area contributed by atoms with Gasteiger partial charge in [0, 0.05) is 31.6 Å². The van der Waals surface area contributed by atoms with Crippen molar-refractivity contribution < 1.29 is 9.84 Å². The Hall–Kier alpha value is -0.120. The first-order chi connectivity index (χ1) is 9.16. The van der Waals surface area contributed by atoms with Gasteiger partial charge in [-0.1, -0.05) is 19.8 Å². The molecule has 2 fully saturated rings. The number of nitrogens with two attached hydrogens (primary N) is 1. The fourth-order valence-corrected chi connectivity index (χ4v) is 4.25. The van der Waals surface area contributed by atoms with Gasteiger partial charge in [-0.3, -0.25) is 0 Å². The Balaban J connectivity index is 2.05. The van der Waals surface area contributed by atoms with Crippen LogP contribution in [-0.2, 0) is 4.74 Å². The van der Waals surface area contributed by atoms with Crippen molar-refractivity contribution in [3.63, 3.8) is 0 Å². The van der Waals surface area contributed by atoms with E-state index in [1.807, 2.05) is 0 Å². The van der Waals surface area contributed by atoms with Gasteiger partial charge in [0.25, 0.3) is 0 Å². The maximum Gasteiger partial charge on any atom is 0.0738 e. The van der Waals surface area contributed by atoms with Crippen LogP contribution in [0.2, 0.25) is 0 Å². The summed E-state index contributed by atoms with van der Waals surface area (Å²) in [5, 5.41) is 11.2. The van der Waals surface area contributed by atoms with Gasteiger partial charge in [-0.15, -0.1) is 0 Å². The zero-order valence-corrected chi connectivity index (χ0v) is 12.5. The SMILES string of the molecule is CCCC1CCC(CN)(C2(O)CCCOCC2)CC1. The van der Waals surface area contributed by atoms with Crippen LogP contribution in [0.25, 0.3) is 0 Å². The Morgan fingerprint density at radius 3 is 2.53 bits per heavy atom. The highest BCUT2D eigenvalue weighted by Gasteiger charge is 2.50. The molecule has 19 heavy (non-hydrogen) atoms. The Morgan fingerprint density at radius 2 is 1.89 bits per heavy atom. The van der Waals surface area contributed by atoms with Gasteiger partial charge in [0.05, 0.1) is 5.60 Å². The van der Waals surface area contributed by atoms with Gasteiger partial charge in [-0.2, -0.15) is 0 Å². The molecule has 2 rings (SSSR count). The molecule has 3 nitrogen and oxygen atoms in total. The summed E-state index contributed by atoms with van der Waals surface area (Å²) in [7, 11) is 0. The van der Waals surface area contributed by atoms with Gasteiger partial charge < -0.3 is 15.6 Å². The molecule has 1 unspecified atom stereocenters. The monoisotopic (exact) mass is 269 g/mol. The number of ether oxygens (including phenoxy) is 1. The third-order valence-corrected chi connectivity index (χ3v) is 5.68. The van der Waals surface area contributed by atoms with Crippen molar-refractivity contribution in [1.82, 2.24) is 0 Å². The molecular weight excluding hydrogens is 238 g/mol.